The lowest BCUT2D eigenvalue weighted by Crippen LogP contribution is -1.86. The number of nitrogens with zero attached hydrogens (tertiary/aromatic N) is 1. The highest BCUT2D eigenvalue weighted by Gasteiger charge is 2.07. The topological polar surface area (TPSA) is 33.0 Å². The molecular weight excluding hydrogens is 278 g/mol. The fraction of sp³-hybridized carbons (Fsp3) is 0.167. The van der Waals surface area contributed by atoms with Gasteiger partial charge in [-0.25, -0.2) is 0 Å². The Morgan fingerprint density at radius 1 is 1.05 bits per heavy atom. The summed E-state index contributed by atoms with van der Waals surface area (Å²) >= 11 is 1.50. The van der Waals surface area contributed by atoms with E-state index in [0.29, 0.717) is 4.91 Å². The Hall–Kier alpha value is -2.18. The van der Waals surface area contributed by atoms with Crippen LogP contribution in [-0.2, 0) is 0 Å². The molecule has 2 aromatic carbocycles. The molecule has 0 bridgehead atoms. The van der Waals surface area contributed by atoms with E-state index in [1.807, 2.05) is 43.3 Å². The van der Waals surface area contributed by atoms with Gasteiger partial charge in [-0.05, 0) is 49.2 Å². The van der Waals surface area contributed by atoms with Crippen LogP contribution in [0.15, 0.2) is 58.3 Å². The molecule has 0 saturated carbocycles. The molecule has 0 aliphatic carbocycles. The molecule has 2 nitrogen and oxygen atoms in total. The summed E-state index contributed by atoms with van der Waals surface area (Å²) in [4.78, 5) is 1.79. The number of nitriles is 1. The lowest BCUT2D eigenvalue weighted by atomic mass is 10.1. The number of hydrogen-bond donors (Lipinski definition) is 0. The van der Waals surface area contributed by atoms with Gasteiger partial charge < -0.3 is 4.74 Å². The molecule has 0 radical (unpaired) electrons. The molecule has 0 amide bonds. The number of rotatable bonds is 4. The minimum Gasteiger partial charge on any atom is -0.497 e. The van der Waals surface area contributed by atoms with Crippen LogP contribution in [0.3, 0.4) is 0 Å². The molecule has 2 aromatic rings. The van der Waals surface area contributed by atoms with Gasteiger partial charge in [0, 0.05) is 4.90 Å². The number of aryl methyl sites for hydroxylation is 1. The zero-order chi connectivity index (χ0) is 15.2. The number of hydrogen-bond acceptors (Lipinski definition) is 3. The first-order chi connectivity index (χ1) is 10.1. The van der Waals surface area contributed by atoms with E-state index in [-0.39, 0.29) is 0 Å². The van der Waals surface area contributed by atoms with Crippen LogP contribution in [0.1, 0.15) is 18.1 Å². The molecule has 0 aliphatic heterocycles. The summed E-state index contributed by atoms with van der Waals surface area (Å²) in [7, 11) is 1.64. The highest BCUT2D eigenvalue weighted by molar-refractivity contribution is 8.03. The Bertz CT molecular complexity index is 679. The third-order valence-electron chi connectivity index (χ3n) is 3.21. The molecule has 0 saturated heterocycles. The molecule has 106 valence electrons. The molecule has 0 atom stereocenters. The smallest absolute Gasteiger partial charge is 0.118 e. The van der Waals surface area contributed by atoms with Gasteiger partial charge >= 0.3 is 0 Å². The molecule has 0 unspecified atom stereocenters. The quantitative estimate of drug-likeness (QED) is 0.584. The van der Waals surface area contributed by atoms with Crippen LogP contribution in [0.25, 0.3) is 5.57 Å². The molecule has 0 aliphatic rings. The van der Waals surface area contributed by atoms with Gasteiger partial charge in [-0.15, -0.1) is 0 Å². The van der Waals surface area contributed by atoms with Crippen molar-refractivity contribution in [1.82, 2.24) is 0 Å². The molecule has 0 fully saturated rings. The zero-order valence-electron chi connectivity index (χ0n) is 12.4. The first kappa shape index (κ1) is 15.2. The first-order valence-electron chi connectivity index (χ1n) is 6.64. The van der Waals surface area contributed by atoms with Gasteiger partial charge in [0.25, 0.3) is 0 Å². The third kappa shape index (κ3) is 3.90. The van der Waals surface area contributed by atoms with Gasteiger partial charge in [0.05, 0.1) is 12.0 Å². The average molecular weight is 295 g/mol. The summed E-state index contributed by atoms with van der Waals surface area (Å²) in [6.07, 6.45) is 0. The van der Waals surface area contributed by atoms with Gasteiger partial charge in [0.1, 0.15) is 11.8 Å². The summed E-state index contributed by atoms with van der Waals surface area (Å²) in [5.41, 5.74) is 3.23. The summed E-state index contributed by atoms with van der Waals surface area (Å²) in [5, 5.41) is 9.42. The van der Waals surface area contributed by atoms with Crippen LogP contribution >= 0.6 is 11.8 Å². The maximum Gasteiger partial charge on any atom is 0.118 e. The third-order valence-corrected chi connectivity index (χ3v) is 4.32. The molecule has 3 heteroatoms. The Morgan fingerprint density at radius 2 is 1.67 bits per heavy atom. The Balaban J connectivity index is 2.28. The molecule has 0 heterocycles. The highest BCUT2D eigenvalue weighted by atomic mass is 32.2. The number of thioether (sulfide) groups is 1. The molecular formula is C18H17NOS. The van der Waals surface area contributed by atoms with E-state index in [2.05, 4.69) is 25.1 Å². The van der Waals surface area contributed by atoms with Crippen molar-refractivity contribution in [3.63, 3.8) is 0 Å². The number of allylic oxidation sites excluding steroid dienone is 2. The number of methoxy groups -OCH3 is 1. The van der Waals surface area contributed by atoms with Crippen molar-refractivity contribution in [2.45, 2.75) is 18.7 Å². The largest absolute Gasteiger partial charge is 0.497 e. The average Bonchev–Trinajstić information content (AvgIpc) is 2.54. The van der Waals surface area contributed by atoms with Crippen molar-refractivity contribution in [3.8, 4) is 11.8 Å². The van der Waals surface area contributed by atoms with E-state index in [0.717, 1.165) is 21.8 Å². The summed E-state index contributed by atoms with van der Waals surface area (Å²) in [6.45, 7) is 4.03. The summed E-state index contributed by atoms with van der Waals surface area (Å²) < 4.78 is 5.16. The van der Waals surface area contributed by atoms with Crippen molar-refractivity contribution >= 4 is 17.3 Å². The summed E-state index contributed by atoms with van der Waals surface area (Å²) in [5.74, 6) is 0.816. The maximum atomic E-state index is 9.42. The van der Waals surface area contributed by atoms with Crippen molar-refractivity contribution < 1.29 is 4.74 Å². The van der Waals surface area contributed by atoms with Crippen LogP contribution in [-0.4, -0.2) is 7.11 Å². The van der Waals surface area contributed by atoms with Crippen molar-refractivity contribution in [2.24, 2.45) is 0 Å². The van der Waals surface area contributed by atoms with Gasteiger partial charge in [-0.2, -0.15) is 5.26 Å². The Labute approximate surface area is 130 Å². The molecule has 21 heavy (non-hydrogen) atoms. The minimum atomic E-state index is 0.712. The first-order valence-corrected chi connectivity index (χ1v) is 7.45. The van der Waals surface area contributed by atoms with Gasteiger partial charge in [0.15, 0.2) is 0 Å². The Kier molecular flexibility index (Phi) is 5.08. The lowest BCUT2D eigenvalue weighted by Gasteiger charge is -2.07. The van der Waals surface area contributed by atoms with Crippen LogP contribution in [0, 0.1) is 18.3 Å². The van der Waals surface area contributed by atoms with E-state index in [1.165, 1.54) is 17.3 Å². The van der Waals surface area contributed by atoms with Crippen LogP contribution < -0.4 is 4.74 Å². The monoisotopic (exact) mass is 295 g/mol. The number of benzene rings is 2. The van der Waals surface area contributed by atoms with Crippen LogP contribution in [0.2, 0.25) is 0 Å². The SMILES string of the molecule is COc1ccc(/C(C)=C(\C#N)Sc2ccc(C)cc2)cc1. The van der Waals surface area contributed by atoms with E-state index in [4.69, 9.17) is 4.74 Å². The zero-order valence-corrected chi connectivity index (χ0v) is 13.2. The van der Waals surface area contributed by atoms with Crippen molar-refractivity contribution in [2.75, 3.05) is 7.11 Å². The van der Waals surface area contributed by atoms with Gasteiger partial charge in [-0.1, -0.05) is 41.6 Å². The molecule has 0 spiro atoms. The predicted molar refractivity (Wildman–Crippen MR) is 88.2 cm³/mol. The maximum absolute atomic E-state index is 9.42. The van der Waals surface area contributed by atoms with E-state index >= 15 is 0 Å². The summed E-state index contributed by atoms with van der Waals surface area (Å²) in [6, 6.07) is 18.3. The van der Waals surface area contributed by atoms with E-state index in [9.17, 15) is 5.26 Å². The highest BCUT2D eigenvalue weighted by Crippen LogP contribution is 2.32. The van der Waals surface area contributed by atoms with Crippen molar-refractivity contribution in [1.29, 1.82) is 5.26 Å². The lowest BCUT2D eigenvalue weighted by molar-refractivity contribution is 0.415. The van der Waals surface area contributed by atoms with Gasteiger partial charge in [-0.3, -0.25) is 0 Å². The van der Waals surface area contributed by atoms with Crippen LogP contribution in [0.5, 0.6) is 5.75 Å². The van der Waals surface area contributed by atoms with E-state index in [1.54, 1.807) is 7.11 Å². The second-order valence-electron chi connectivity index (χ2n) is 4.71. The fourth-order valence-electron chi connectivity index (χ4n) is 1.88. The second kappa shape index (κ2) is 7.01. The predicted octanol–water partition coefficient (Wildman–Crippen LogP) is 5.05. The minimum absolute atomic E-state index is 0.712. The normalized spacial score (nSPS) is 11.5. The Morgan fingerprint density at radius 3 is 2.19 bits per heavy atom. The van der Waals surface area contributed by atoms with Crippen molar-refractivity contribution in [3.05, 3.63) is 64.6 Å². The molecule has 0 N–H and O–H groups in total. The fourth-order valence-corrected chi connectivity index (χ4v) is 2.70. The molecule has 2 rings (SSSR count). The standard InChI is InChI=1S/C18H17NOS/c1-13-4-10-17(11-5-13)21-18(12-19)14(2)15-6-8-16(20-3)9-7-15/h4-11H,1-3H3/b18-14+. The van der Waals surface area contributed by atoms with Crippen LogP contribution in [0.4, 0.5) is 0 Å². The number of ether oxygens (including phenoxy) is 1. The molecule has 0 aromatic heterocycles. The van der Waals surface area contributed by atoms with Gasteiger partial charge in [0.2, 0.25) is 0 Å². The van der Waals surface area contributed by atoms with E-state index < -0.39 is 0 Å². The second-order valence-corrected chi connectivity index (χ2v) is 5.79.